The summed E-state index contributed by atoms with van der Waals surface area (Å²) in [4.78, 5) is 3.43. The molecule has 2 rings (SSSR count). The summed E-state index contributed by atoms with van der Waals surface area (Å²) in [7, 11) is -4.01. The van der Waals surface area contributed by atoms with Gasteiger partial charge in [-0.2, -0.15) is 0 Å². The van der Waals surface area contributed by atoms with E-state index in [1.807, 2.05) is 0 Å². The summed E-state index contributed by atoms with van der Waals surface area (Å²) in [6.45, 7) is 1.62. The van der Waals surface area contributed by atoms with E-state index in [2.05, 4.69) is 9.71 Å². The molecule has 0 aliphatic carbocycles. The molecular weight excluding hydrogens is 286 g/mol. The molecule has 1 aromatic carbocycles. The van der Waals surface area contributed by atoms with Gasteiger partial charge in [-0.3, -0.25) is 4.98 Å². The molecule has 0 spiro atoms. The maximum Gasteiger partial charge on any atom is 0.241 e. The minimum absolute atomic E-state index is 0.453. The van der Waals surface area contributed by atoms with E-state index in [9.17, 15) is 17.2 Å². The number of sulfonamides is 1. The second kappa shape index (κ2) is 5.64. The molecule has 2 aromatic rings. The van der Waals surface area contributed by atoms with Crippen molar-refractivity contribution >= 4 is 10.0 Å². The maximum absolute atomic E-state index is 13.1. The molecule has 7 heteroatoms. The van der Waals surface area contributed by atoms with Gasteiger partial charge < -0.3 is 0 Å². The molecule has 1 atom stereocenters. The molecule has 1 heterocycles. The highest BCUT2D eigenvalue weighted by atomic mass is 32.2. The fraction of sp³-hybridized carbons (Fsp3) is 0.154. The van der Waals surface area contributed by atoms with Gasteiger partial charge in [-0.1, -0.05) is 6.07 Å². The van der Waals surface area contributed by atoms with Crippen molar-refractivity contribution in [2.45, 2.75) is 17.9 Å². The van der Waals surface area contributed by atoms with Gasteiger partial charge in [0.2, 0.25) is 10.0 Å². The normalized spacial score (nSPS) is 13.2. The first-order chi connectivity index (χ1) is 9.38. The Labute approximate surface area is 115 Å². The summed E-state index contributed by atoms with van der Waals surface area (Å²) in [5, 5.41) is 0. The lowest BCUT2D eigenvalue weighted by Crippen LogP contribution is -2.27. The van der Waals surface area contributed by atoms with Crippen LogP contribution in [0.4, 0.5) is 8.78 Å². The van der Waals surface area contributed by atoms with Gasteiger partial charge in [0.15, 0.2) is 0 Å². The maximum atomic E-state index is 13.1. The fourth-order valence-electron chi connectivity index (χ4n) is 1.68. The lowest BCUT2D eigenvalue weighted by molar-refractivity contribution is 0.553. The molecule has 0 radical (unpaired) electrons. The first-order valence-corrected chi connectivity index (χ1v) is 7.25. The summed E-state index contributed by atoms with van der Waals surface area (Å²) in [5.41, 5.74) is 0.646. The molecule has 1 unspecified atom stereocenters. The van der Waals surface area contributed by atoms with Gasteiger partial charge in [0.05, 0.1) is 4.90 Å². The molecule has 0 saturated heterocycles. The van der Waals surface area contributed by atoms with Crippen LogP contribution in [0.1, 0.15) is 18.5 Å². The second-order valence-electron chi connectivity index (χ2n) is 4.23. The molecular formula is C13H12F2N2O2S. The number of rotatable bonds is 4. The molecule has 4 nitrogen and oxygen atoms in total. The van der Waals surface area contributed by atoms with Crippen molar-refractivity contribution in [1.82, 2.24) is 9.71 Å². The third-order valence-corrected chi connectivity index (χ3v) is 4.18. The smallest absolute Gasteiger partial charge is 0.241 e. The number of benzene rings is 1. The summed E-state index contributed by atoms with van der Waals surface area (Å²) >= 11 is 0. The Balaban J connectivity index is 2.27. The number of pyridine rings is 1. The Kier molecular flexibility index (Phi) is 4.10. The molecule has 20 heavy (non-hydrogen) atoms. The lowest BCUT2D eigenvalue weighted by Gasteiger charge is -2.14. The summed E-state index contributed by atoms with van der Waals surface area (Å²) in [6.07, 6.45) is 3.08. The SMILES string of the molecule is CC(NS(=O)(=O)c1cc(F)cc(F)c1)c1cccnc1. The fourth-order valence-corrected chi connectivity index (χ4v) is 2.96. The van der Waals surface area contributed by atoms with Gasteiger partial charge in [0.25, 0.3) is 0 Å². The van der Waals surface area contributed by atoms with E-state index in [1.165, 1.54) is 6.20 Å². The van der Waals surface area contributed by atoms with E-state index in [-0.39, 0.29) is 0 Å². The van der Waals surface area contributed by atoms with Crippen LogP contribution in [-0.4, -0.2) is 13.4 Å². The summed E-state index contributed by atoms with van der Waals surface area (Å²) < 4.78 is 52.6. The van der Waals surface area contributed by atoms with Crippen LogP contribution >= 0.6 is 0 Å². The highest BCUT2D eigenvalue weighted by Gasteiger charge is 2.20. The third kappa shape index (κ3) is 3.37. The predicted octanol–water partition coefficient (Wildman–Crippen LogP) is 2.40. The molecule has 0 saturated carbocycles. The molecule has 0 bridgehead atoms. The average molecular weight is 298 g/mol. The zero-order valence-electron chi connectivity index (χ0n) is 10.5. The molecule has 0 amide bonds. The lowest BCUT2D eigenvalue weighted by atomic mass is 10.2. The van der Waals surface area contributed by atoms with Gasteiger partial charge in [-0.25, -0.2) is 21.9 Å². The van der Waals surface area contributed by atoms with Crippen LogP contribution in [0.2, 0.25) is 0 Å². The average Bonchev–Trinajstić information content (AvgIpc) is 2.38. The zero-order valence-corrected chi connectivity index (χ0v) is 11.4. The van der Waals surface area contributed by atoms with Gasteiger partial charge in [0.1, 0.15) is 11.6 Å². The molecule has 106 valence electrons. The van der Waals surface area contributed by atoms with Crippen molar-refractivity contribution in [3.05, 3.63) is 59.9 Å². The number of halogens is 2. The Bertz CT molecular complexity index is 685. The van der Waals surface area contributed by atoms with E-state index in [0.717, 1.165) is 12.1 Å². The number of hydrogen-bond donors (Lipinski definition) is 1. The highest BCUT2D eigenvalue weighted by Crippen LogP contribution is 2.18. The van der Waals surface area contributed by atoms with E-state index in [0.29, 0.717) is 11.6 Å². The van der Waals surface area contributed by atoms with E-state index >= 15 is 0 Å². The number of nitrogens with one attached hydrogen (secondary N) is 1. The molecule has 0 aliphatic rings. The molecule has 1 aromatic heterocycles. The van der Waals surface area contributed by atoms with Crippen molar-refractivity contribution in [2.24, 2.45) is 0 Å². The first-order valence-electron chi connectivity index (χ1n) is 5.77. The highest BCUT2D eigenvalue weighted by molar-refractivity contribution is 7.89. The Morgan fingerprint density at radius 1 is 1.20 bits per heavy atom. The minimum Gasteiger partial charge on any atom is -0.264 e. The Morgan fingerprint density at radius 3 is 2.40 bits per heavy atom. The van der Waals surface area contributed by atoms with Crippen molar-refractivity contribution in [1.29, 1.82) is 0 Å². The van der Waals surface area contributed by atoms with Crippen molar-refractivity contribution in [3.8, 4) is 0 Å². The quantitative estimate of drug-likeness (QED) is 0.943. The number of aromatic nitrogens is 1. The van der Waals surface area contributed by atoms with Gasteiger partial charge in [-0.15, -0.1) is 0 Å². The third-order valence-electron chi connectivity index (χ3n) is 2.66. The predicted molar refractivity (Wildman–Crippen MR) is 69.3 cm³/mol. The van der Waals surface area contributed by atoms with E-state index in [1.54, 1.807) is 25.3 Å². The monoisotopic (exact) mass is 298 g/mol. The first kappa shape index (κ1) is 14.5. The van der Waals surface area contributed by atoms with Crippen LogP contribution in [0.25, 0.3) is 0 Å². The molecule has 0 aliphatic heterocycles. The van der Waals surface area contributed by atoms with Crippen molar-refractivity contribution < 1.29 is 17.2 Å². The van der Waals surface area contributed by atoms with Crippen LogP contribution in [0.15, 0.2) is 47.6 Å². The van der Waals surface area contributed by atoms with Gasteiger partial charge >= 0.3 is 0 Å². The van der Waals surface area contributed by atoms with Crippen molar-refractivity contribution in [2.75, 3.05) is 0 Å². The topological polar surface area (TPSA) is 59.1 Å². The number of nitrogens with zero attached hydrogens (tertiary/aromatic N) is 1. The van der Waals surface area contributed by atoms with E-state index < -0.39 is 32.6 Å². The Morgan fingerprint density at radius 2 is 1.85 bits per heavy atom. The minimum atomic E-state index is -4.01. The van der Waals surface area contributed by atoms with Crippen LogP contribution < -0.4 is 4.72 Å². The zero-order chi connectivity index (χ0) is 14.8. The van der Waals surface area contributed by atoms with Gasteiger partial charge in [-0.05, 0) is 30.7 Å². The largest absolute Gasteiger partial charge is 0.264 e. The summed E-state index contributed by atoms with van der Waals surface area (Å²) in [5.74, 6) is -1.89. The number of hydrogen-bond acceptors (Lipinski definition) is 3. The Hall–Kier alpha value is -1.86. The van der Waals surface area contributed by atoms with Gasteiger partial charge in [0, 0.05) is 24.5 Å². The van der Waals surface area contributed by atoms with Crippen LogP contribution in [0, 0.1) is 11.6 Å². The standard InChI is InChI=1S/C13H12F2N2O2S/c1-9(10-3-2-4-16-8-10)17-20(18,19)13-6-11(14)5-12(15)7-13/h2-9,17H,1H3. The second-order valence-corrected chi connectivity index (χ2v) is 5.95. The van der Waals surface area contributed by atoms with Crippen LogP contribution in [0.5, 0.6) is 0 Å². The summed E-state index contributed by atoms with van der Waals surface area (Å²) in [6, 6.07) is 4.95. The van der Waals surface area contributed by atoms with Crippen molar-refractivity contribution in [3.63, 3.8) is 0 Å². The van der Waals surface area contributed by atoms with Crippen LogP contribution in [0.3, 0.4) is 0 Å². The molecule has 0 fully saturated rings. The van der Waals surface area contributed by atoms with Crippen LogP contribution in [-0.2, 0) is 10.0 Å². The molecule has 1 N–H and O–H groups in total. The van der Waals surface area contributed by atoms with E-state index in [4.69, 9.17) is 0 Å².